The minimum absolute atomic E-state index is 0.414. The molecule has 0 aromatic carbocycles. The fourth-order valence-electron chi connectivity index (χ4n) is 0.821. The van der Waals surface area contributed by atoms with Gasteiger partial charge in [-0.3, -0.25) is 4.99 Å². The number of aliphatic imine (C=N–C) groups is 1. The van der Waals surface area contributed by atoms with Gasteiger partial charge in [0.2, 0.25) is 0 Å². The highest BCUT2D eigenvalue weighted by Crippen LogP contribution is 1.94. The molecule has 0 aliphatic heterocycles. The first-order valence-electron chi connectivity index (χ1n) is 3.82. The summed E-state index contributed by atoms with van der Waals surface area (Å²) in [5, 5.41) is 0. The van der Waals surface area contributed by atoms with Crippen molar-refractivity contribution in [3.05, 3.63) is 0 Å². The molecule has 60 valence electrons. The molecular weight excluding hydrogens is 124 g/mol. The Morgan fingerprint density at radius 1 is 1.40 bits per heavy atom. The predicted octanol–water partition coefficient (Wildman–Crippen LogP) is 1.76. The van der Waals surface area contributed by atoms with E-state index in [2.05, 4.69) is 30.7 Å². The van der Waals surface area contributed by atoms with Crippen LogP contribution in [-0.4, -0.2) is 30.9 Å². The van der Waals surface area contributed by atoms with E-state index >= 15 is 0 Å². The van der Waals surface area contributed by atoms with Crippen LogP contribution in [0.2, 0.25) is 0 Å². The first-order chi connectivity index (χ1) is 4.57. The predicted molar refractivity (Wildman–Crippen MR) is 46.5 cm³/mol. The van der Waals surface area contributed by atoms with Crippen LogP contribution in [0.5, 0.6) is 0 Å². The summed E-state index contributed by atoms with van der Waals surface area (Å²) in [6, 6.07) is 0.414. The van der Waals surface area contributed by atoms with Gasteiger partial charge >= 0.3 is 0 Å². The van der Waals surface area contributed by atoms with Crippen molar-refractivity contribution in [2.45, 2.75) is 33.2 Å². The number of rotatable bonds is 2. The van der Waals surface area contributed by atoms with E-state index in [9.17, 15) is 0 Å². The summed E-state index contributed by atoms with van der Waals surface area (Å²) in [4.78, 5) is 6.51. The highest BCUT2D eigenvalue weighted by atomic mass is 15.1. The van der Waals surface area contributed by atoms with Gasteiger partial charge in [-0.15, -0.1) is 0 Å². The number of hydrogen-bond acceptors (Lipinski definition) is 1. The fraction of sp³-hybridized carbons (Fsp3) is 0.875. The third-order valence-corrected chi connectivity index (χ3v) is 1.24. The van der Waals surface area contributed by atoms with Crippen LogP contribution in [-0.2, 0) is 0 Å². The van der Waals surface area contributed by atoms with Crippen LogP contribution in [0.4, 0.5) is 0 Å². The molecule has 0 rings (SSSR count). The number of amidine groups is 1. The van der Waals surface area contributed by atoms with Crippen LogP contribution in [0.1, 0.15) is 27.2 Å². The zero-order valence-corrected chi connectivity index (χ0v) is 7.68. The Morgan fingerprint density at radius 2 is 1.90 bits per heavy atom. The van der Waals surface area contributed by atoms with Gasteiger partial charge in [0.05, 0.1) is 5.84 Å². The highest BCUT2D eigenvalue weighted by molar-refractivity contribution is 5.81. The third-order valence-electron chi connectivity index (χ3n) is 1.24. The lowest BCUT2D eigenvalue weighted by atomic mass is 10.3. The van der Waals surface area contributed by atoms with Crippen molar-refractivity contribution in [3.63, 3.8) is 0 Å². The van der Waals surface area contributed by atoms with Gasteiger partial charge in [-0.1, -0.05) is 6.92 Å². The van der Waals surface area contributed by atoms with E-state index in [-0.39, 0.29) is 0 Å². The van der Waals surface area contributed by atoms with Gasteiger partial charge in [0.1, 0.15) is 0 Å². The molecule has 0 heterocycles. The Balaban J connectivity index is 4.04. The van der Waals surface area contributed by atoms with Gasteiger partial charge < -0.3 is 4.90 Å². The molecule has 0 fully saturated rings. The van der Waals surface area contributed by atoms with Crippen molar-refractivity contribution in [1.29, 1.82) is 0 Å². The van der Waals surface area contributed by atoms with Crippen molar-refractivity contribution >= 4 is 5.84 Å². The van der Waals surface area contributed by atoms with Gasteiger partial charge in [0.25, 0.3) is 0 Å². The molecule has 0 saturated carbocycles. The molecule has 0 radical (unpaired) electrons. The van der Waals surface area contributed by atoms with Crippen molar-refractivity contribution in [2.24, 2.45) is 4.99 Å². The van der Waals surface area contributed by atoms with E-state index in [1.54, 1.807) is 0 Å². The number of nitrogens with zero attached hydrogens (tertiary/aromatic N) is 2. The van der Waals surface area contributed by atoms with Crippen LogP contribution in [0, 0.1) is 0 Å². The van der Waals surface area contributed by atoms with Crippen molar-refractivity contribution in [3.8, 4) is 0 Å². The van der Waals surface area contributed by atoms with Crippen molar-refractivity contribution in [1.82, 2.24) is 4.90 Å². The van der Waals surface area contributed by atoms with Crippen LogP contribution < -0.4 is 0 Å². The molecule has 0 aliphatic rings. The fourth-order valence-corrected chi connectivity index (χ4v) is 0.821. The molecular formula is C8H18N2. The normalized spacial score (nSPS) is 12.4. The maximum atomic E-state index is 4.44. The average molecular weight is 142 g/mol. The summed E-state index contributed by atoms with van der Waals surface area (Å²) in [7, 11) is 4.06. The largest absolute Gasteiger partial charge is 0.366 e. The summed E-state index contributed by atoms with van der Waals surface area (Å²) in [5.74, 6) is 1.18. The topological polar surface area (TPSA) is 15.6 Å². The zero-order valence-electron chi connectivity index (χ0n) is 7.68. The lowest BCUT2D eigenvalue weighted by Crippen LogP contribution is -2.22. The first-order valence-corrected chi connectivity index (χ1v) is 3.82. The molecule has 2 heteroatoms. The van der Waals surface area contributed by atoms with Crippen molar-refractivity contribution in [2.75, 3.05) is 14.1 Å². The second-order valence-electron chi connectivity index (χ2n) is 2.89. The summed E-state index contributed by atoms with van der Waals surface area (Å²) in [5.41, 5.74) is 0. The number of hydrogen-bond donors (Lipinski definition) is 0. The Hall–Kier alpha value is -0.530. The van der Waals surface area contributed by atoms with E-state index in [4.69, 9.17) is 0 Å². The maximum absolute atomic E-state index is 4.44. The van der Waals surface area contributed by atoms with Crippen LogP contribution >= 0.6 is 0 Å². The van der Waals surface area contributed by atoms with Crippen LogP contribution in [0.25, 0.3) is 0 Å². The molecule has 0 N–H and O–H groups in total. The summed E-state index contributed by atoms with van der Waals surface area (Å²) in [6.45, 7) is 6.32. The molecule has 2 nitrogen and oxygen atoms in total. The molecule has 0 spiro atoms. The maximum Gasteiger partial charge on any atom is 0.0984 e. The molecule has 0 unspecified atom stereocenters. The zero-order chi connectivity index (χ0) is 8.15. The minimum Gasteiger partial charge on any atom is -0.366 e. The summed E-state index contributed by atoms with van der Waals surface area (Å²) in [6.07, 6.45) is 1.02. The van der Waals surface area contributed by atoms with Gasteiger partial charge in [0, 0.05) is 26.6 Å². The van der Waals surface area contributed by atoms with Gasteiger partial charge in [0.15, 0.2) is 0 Å². The second-order valence-corrected chi connectivity index (χ2v) is 2.89. The summed E-state index contributed by atoms with van der Waals surface area (Å²) < 4.78 is 0. The first kappa shape index (κ1) is 9.47. The Labute approximate surface area is 63.9 Å². The average Bonchev–Trinajstić information content (AvgIpc) is 1.81. The highest BCUT2D eigenvalue weighted by Gasteiger charge is 1.97. The van der Waals surface area contributed by atoms with E-state index < -0.39 is 0 Å². The van der Waals surface area contributed by atoms with E-state index in [1.807, 2.05) is 14.1 Å². The second kappa shape index (κ2) is 4.31. The Kier molecular flexibility index (Phi) is 4.08. The molecule has 0 aliphatic carbocycles. The van der Waals surface area contributed by atoms with Gasteiger partial charge in [-0.05, 0) is 13.8 Å². The minimum atomic E-state index is 0.414. The van der Waals surface area contributed by atoms with Crippen LogP contribution in [0.3, 0.4) is 0 Å². The van der Waals surface area contributed by atoms with Gasteiger partial charge in [-0.25, -0.2) is 0 Å². The molecule has 0 bridgehead atoms. The molecule has 0 saturated heterocycles. The molecule has 0 aromatic heterocycles. The molecule has 0 aromatic rings. The van der Waals surface area contributed by atoms with Gasteiger partial charge in [-0.2, -0.15) is 0 Å². The Morgan fingerprint density at radius 3 is 2.00 bits per heavy atom. The lowest BCUT2D eigenvalue weighted by Gasteiger charge is -2.14. The monoisotopic (exact) mass is 142 g/mol. The smallest absolute Gasteiger partial charge is 0.0984 e. The standard InChI is InChI=1S/C8H18N2/c1-6-8(10(4)5)9-7(2)3/h7H,6H2,1-5H3. The Bertz CT molecular complexity index is 114. The third kappa shape index (κ3) is 3.49. The lowest BCUT2D eigenvalue weighted by molar-refractivity contribution is 0.595. The van der Waals surface area contributed by atoms with E-state index in [0.717, 1.165) is 6.42 Å². The summed E-state index contributed by atoms with van der Waals surface area (Å²) >= 11 is 0. The SMILES string of the molecule is CCC(=NC(C)C)N(C)C. The van der Waals surface area contributed by atoms with E-state index in [0.29, 0.717) is 6.04 Å². The van der Waals surface area contributed by atoms with E-state index in [1.165, 1.54) is 5.84 Å². The molecule has 0 atom stereocenters. The molecule has 0 amide bonds. The van der Waals surface area contributed by atoms with Crippen molar-refractivity contribution < 1.29 is 0 Å². The molecule has 10 heavy (non-hydrogen) atoms. The van der Waals surface area contributed by atoms with Crippen LogP contribution in [0.15, 0.2) is 4.99 Å². The quantitative estimate of drug-likeness (QED) is 0.424.